The Labute approximate surface area is 236 Å². The number of fused-ring (bicyclic) bond motifs is 1. The Bertz CT molecular complexity index is 1480. The third kappa shape index (κ3) is 5.63. The van der Waals surface area contributed by atoms with Crippen molar-refractivity contribution in [3.05, 3.63) is 65.7 Å². The lowest BCUT2D eigenvalue weighted by Crippen LogP contribution is -2.46. The molecule has 2 aromatic carbocycles. The molecule has 0 bridgehead atoms. The van der Waals surface area contributed by atoms with E-state index >= 15 is 0 Å². The summed E-state index contributed by atoms with van der Waals surface area (Å²) in [5.41, 5.74) is 6.86. The number of imidazole rings is 2. The molecule has 1 saturated heterocycles. The maximum atomic E-state index is 12.4. The van der Waals surface area contributed by atoms with E-state index in [4.69, 9.17) is 9.97 Å². The van der Waals surface area contributed by atoms with Gasteiger partial charge < -0.3 is 19.8 Å². The number of nitrogens with zero attached hydrogens (tertiary/aromatic N) is 5. The highest BCUT2D eigenvalue weighted by Gasteiger charge is 2.23. The van der Waals surface area contributed by atoms with Gasteiger partial charge in [-0.15, -0.1) is 0 Å². The van der Waals surface area contributed by atoms with Crippen LogP contribution in [0.25, 0.3) is 22.4 Å². The maximum absolute atomic E-state index is 12.4. The topological polar surface area (TPSA) is 82.1 Å². The predicted octanol–water partition coefficient (Wildman–Crippen LogP) is 5.02. The summed E-state index contributed by atoms with van der Waals surface area (Å²) in [6.45, 7) is 13.6. The number of carbonyl (C=O) groups excluding carboxylic acids is 1. The number of piperazine rings is 1. The number of aromatic nitrogens is 4. The summed E-state index contributed by atoms with van der Waals surface area (Å²) in [5, 5.41) is 3.12. The standard InChI is InChI=1S/C32H41N7O/c1-22-33-26(20-39(22)21-29(40)34-25-7-5-8-25)19-37-15-17-38(18-16-37)28-10-6-9-27-30(28)36-31(35-27)23-11-13-24(14-12-23)32(2,3)4/h6,9-14,20,25H,5,7-8,15-19,21H2,1-4H3,(H,34,40)(H,35,36). The molecule has 8 heteroatoms. The van der Waals surface area contributed by atoms with Crippen molar-refractivity contribution in [3.8, 4) is 11.4 Å². The summed E-state index contributed by atoms with van der Waals surface area (Å²) >= 11 is 0. The van der Waals surface area contributed by atoms with E-state index < -0.39 is 0 Å². The Morgan fingerprint density at radius 2 is 1.77 bits per heavy atom. The van der Waals surface area contributed by atoms with Crippen LogP contribution < -0.4 is 10.2 Å². The van der Waals surface area contributed by atoms with Crippen LogP contribution in [-0.4, -0.2) is 62.5 Å². The number of aryl methyl sites for hydroxylation is 1. The third-order valence-corrected chi connectivity index (χ3v) is 8.42. The Kier molecular flexibility index (Phi) is 7.13. The van der Waals surface area contributed by atoms with Gasteiger partial charge in [-0.3, -0.25) is 9.69 Å². The molecule has 8 nitrogen and oxygen atoms in total. The van der Waals surface area contributed by atoms with E-state index in [1.165, 1.54) is 17.7 Å². The van der Waals surface area contributed by atoms with Crippen molar-refractivity contribution in [2.75, 3.05) is 31.1 Å². The number of anilines is 1. The number of hydrogen-bond donors (Lipinski definition) is 2. The number of carbonyl (C=O) groups is 1. The number of amides is 1. The fourth-order valence-electron chi connectivity index (χ4n) is 5.70. The highest BCUT2D eigenvalue weighted by molar-refractivity contribution is 5.91. The van der Waals surface area contributed by atoms with E-state index in [-0.39, 0.29) is 11.3 Å². The molecule has 1 saturated carbocycles. The van der Waals surface area contributed by atoms with Gasteiger partial charge in [0.2, 0.25) is 5.91 Å². The average Bonchev–Trinajstić information content (AvgIpc) is 3.49. The van der Waals surface area contributed by atoms with Gasteiger partial charge in [0.25, 0.3) is 0 Å². The Hall–Kier alpha value is -3.65. The molecule has 40 heavy (non-hydrogen) atoms. The van der Waals surface area contributed by atoms with E-state index in [0.29, 0.717) is 12.6 Å². The fourth-order valence-corrected chi connectivity index (χ4v) is 5.70. The molecule has 1 amide bonds. The highest BCUT2D eigenvalue weighted by Crippen LogP contribution is 2.30. The summed E-state index contributed by atoms with van der Waals surface area (Å²) in [4.78, 5) is 30.6. The van der Waals surface area contributed by atoms with Crippen LogP contribution >= 0.6 is 0 Å². The Balaban J connectivity index is 1.09. The van der Waals surface area contributed by atoms with Gasteiger partial charge in [-0.2, -0.15) is 0 Å². The molecule has 1 aliphatic heterocycles. The molecule has 2 aliphatic rings. The number of benzene rings is 2. The summed E-state index contributed by atoms with van der Waals surface area (Å²) in [7, 11) is 0. The van der Waals surface area contributed by atoms with Crippen LogP contribution in [0.2, 0.25) is 0 Å². The lowest BCUT2D eigenvalue weighted by atomic mass is 9.87. The average molecular weight is 540 g/mol. The van der Waals surface area contributed by atoms with Crippen molar-refractivity contribution in [3.63, 3.8) is 0 Å². The minimum Gasteiger partial charge on any atom is -0.367 e. The van der Waals surface area contributed by atoms with Crippen molar-refractivity contribution in [1.29, 1.82) is 0 Å². The second-order valence-corrected chi connectivity index (χ2v) is 12.5. The zero-order valence-electron chi connectivity index (χ0n) is 24.2. The molecule has 3 heterocycles. The zero-order valence-corrected chi connectivity index (χ0v) is 24.2. The molecule has 4 aromatic rings. The second-order valence-electron chi connectivity index (χ2n) is 12.5. The van der Waals surface area contributed by atoms with Crippen LogP contribution in [0.5, 0.6) is 0 Å². The molecule has 2 N–H and O–H groups in total. The van der Waals surface area contributed by atoms with Gasteiger partial charge in [0, 0.05) is 50.5 Å². The quantitative estimate of drug-likeness (QED) is 0.345. The first-order chi connectivity index (χ1) is 19.2. The largest absolute Gasteiger partial charge is 0.367 e. The second kappa shape index (κ2) is 10.7. The first-order valence-corrected chi connectivity index (χ1v) is 14.6. The number of aromatic amines is 1. The summed E-state index contributed by atoms with van der Waals surface area (Å²) in [6.07, 6.45) is 5.47. The molecule has 0 radical (unpaired) electrons. The Morgan fingerprint density at radius 1 is 1.02 bits per heavy atom. The lowest BCUT2D eigenvalue weighted by Gasteiger charge is -2.35. The third-order valence-electron chi connectivity index (χ3n) is 8.42. The molecule has 6 rings (SSSR count). The lowest BCUT2D eigenvalue weighted by molar-refractivity contribution is -0.122. The van der Waals surface area contributed by atoms with Gasteiger partial charge in [0.05, 0.1) is 16.9 Å². The van der Waals surface area contributed by atoms with Crippen LogP contribution in [0.3, 0.4) is 0 Å². The molecule has 2 fully saturated rings. The summed E-state index contributed by atoms with van der Waals surface area (Å²) < 4.78 is 1.98. The van der Waals surface area contributed by atoms with Crippen LogP contribution in [-0.2, 0) is 23.3 Å². The van der Waals surface area contributed by atoms with Crippen molar-refractivity contribution in [2.24, 2.45) is 0 Å². The SMILES string of the molecule is Cc1nc(CN2CCN(c3cccc4[nH]c(-c5ccc(C(C)(C)C)cc5)nc34)CC2)cn1CC(=O)NC1CCC1. The molecular formula is C32H41N7O. The molecule has 210 valence electrons. The molecule has 0 unspecified atom stereocenters. The maximum Gasteiger partial charge on any atom is 0.240 e. The van der Waals surface area contributed by atoms with Gasteiger partial charge in [-0.25, -0.2) is 9.97 Å². The molecule has 0 spiro atoms. The van der Waals surface area contributed by atoms with Crippen molar-refractivity contribution in [2.45, 2.75) is 71.5 Å². The molecule has 1 aliphatic carbocycles. The van der Waals surface area contributed by atoms with Gasteiger partial charge in [0.15, 0.2) is 0 Å². The number of para-hydroxylation sites is 1. The van der Waals surface area contributed by atoms with Crippen LogP contribution in [0.15, 0.2) is 48.7 Å². The van der Waals surface area contributed by atoms with Crippen LogP contribution in [0.1, 0.15) is 57.1 Å². The Morgan fingerprint density at radius 3 is 2.45 bits per heavy atom. The summed E-state index contributed by atoms with van der Waals surface area (Å²) in [5.74, 6) is 1.89. The van der Waals surface area contributed by atoms with Crippen molar-refractivity contribution < 1.29 is 4.79 Å². The van der Waals surface area contributed by atoms with Crippen molar-refractivity contribution >= 4 is 22.6 Å². The fraction of sp³-hybridized carbons (Fsp3) is 0.469. The van der Waals surface area contributed by atoms with E-state index in [1.807, 2.05) is 17.7 Å². The van der Waals surface area contributed by atoms with Gasteiger partial charge in [-0.1, -0.05) is 51.1 Å². The minimum atomic E-state index is 0.0861. The number of nitrogens with one attached hydrogen (secondary N) is 2. The van der Waals surface area contributed by atoms with Gasteiger partial charge >= 0.3 is 0 Å². The predicted molar refractivity (Wildman–Crippen MR) is 160 cm³/mol. The van der Waals surface area contributed by atoms with Gasteiger partial charge in [0.1, 0.15) is 23.7 Å². The summed E-state index contributed by atoms with van der Waals surface area (Å²) in [6, 6.07) is 15.5. The van der Waals surface area contributed by atoms with E-state index in [0.717, 1.165) is 79.5 Å². The highest BCUT2D eigenvalue weighted by atomic mass is 16.2. The normalized spacial score (nSPS) is 16.9. The smallest absolute Gasteiger partial charge is 0.240 e. The van der Waals surface area contributed by atoms with Crippen LogP contribution in [0.4, 0.5) is 5.69 Å². The van der Waals surface area contributed by atoms with E-state index in [1.54, 1.807) is 0 Å². The first-order valence-electron chi connectivity index (χ1n) is 14.6. The van der Waals surface area contributed by atoms with E-state index in [9.17, 15) is 4.79 Å². The molecule has 2 aromatic heterocycles. The first kappa shape index (κ1) is 26.6. The number of hydrogen-bond acceptors (Lipinski definition) is 5. The molecule has 0 atom stereocenters. The van der Waals surface area contributed by atoms with Crippen LogP contribution in [0, 0.1) is 6.92 Å². The monoisotopic (exact) mass is 539 g/mol. The van der Waals surface area contributed by atoms with Gasteiger partial charge in [-0.05, 0) is 49.3 Å². The number of H-pyrrole nitrogens is 1. The number of rotatable bonds is 7. The minimum absolute atomic E-state index is 0.0861. The molecular weight excluding hydrogens is 498 g/mol. The van der Waals surface area contributed by atoms with E-state index in [2.05, 4.69) is 83.3 Å². The van der Waals surface area contributed by atoms with Crippen molar-refractivity contribution in [1.82, 2.24) is 29.7 Å². The zero-order chi connectivity index (χ0) is 27.9.